The summed E-state index contributed by atoms with van der Waals surface area (Å²) >= 11 is 7.38. The van der Waals surface area contributed by atoms with Crippen LogP contribution in [0.5, 0.6) is 0 Å². The highest BCUT2D eigenvalue weighted by Crippen LogP contribution is 2.23. The molecule has 0 saturated carbocycles. The molecule has 2 aromatic heterocycles. The van der Waals surface area contributed by atoms with Gasteiger partial charge in [0.2, 0.25) is 0 Å². The molecule has 0 radical (unpaired) electrons. The second-order valence-electron chi connectivity index (χ2n) is 6.85. The van der Waals surface area contributed by atoms with Gasteiger partial charge < -0.3 is 15.8 Å². The molecule has 0 spiro atoms. The third-order valence-electron chi connectivity index (χ3n) is 4.63. The lowest BCUT2D eigenvalue weighted by Crippen LogP contribution is -2.21. The van der Waals surface area contributed by atoms with Crippen molar-refractivity contribution in [2.75, 3.05) is 11.9 Å². The molecule has 0 saturated heterocycles. The van der Waals surface area contributed by atoms with Crippen molar-refractivity contribution in [2.45, 2.75) is 20.4 Å². The molecule has 0 aliphatic rings. The van der Waals surface area contributed by atoms with Gasteiger partial charge >= 0.3 is 5.97 Å². The molecule has 0 aliphatic carbocycles. The molecule has 1 aromatic carbocycles. The van der Waals surface area contributed by atoms with Gasteiger partial charge in [-0.05, 0) is 43.0 Å². The summed E-state index contributed by atoms with van der Waals surface area (Å²) in [6.45, 7) is 3.74. The standard InChI is InChI=1S/C22H21ClN4O4S/c1-13-16(14(2)27(26-13)11-15-5-3-4-6-18(15)23)7-8-20(29)31-12-19(28)25-22-17(21(24)30)9-10-32-22/h3-10H,11-12H2,1-2H3,(H2,24,30)(H,25,28)/b8-7+. The van der Waals surface area contributed by atoms with E-state index in [1.54, 1.807) is 11.5 Å². The Morgan fingerprint density at radius 2 is 2.00 bits per heavy atom. The second-order valence-corrected chi connectivity index (χ2v) is 8.17. The van der Waals surface area contributed by atoms with Gasteiger partial charge in [0.05, 0.1) is 17.8 Å². The van der Waals surface area contributed by atoms with Crippen LogP contribution in [0.1, 0.15) is 32.9 Å². The molecule has 0 unspecified atom stereocenters. The van der Waals surface area contributed by atoms with Gasteiger partial charge in [-0.3, -0.25) is 14.3 Å². The van der Waals surface area contributed by atoms with Crippen molar-refractivity contribution >= 4 is 51.8 Å². The Morgan fingerprint density at radius 1 is 1.25 bits per heavy atom. The summed E-state index contributed by atoms with van der Waals surface area (Å²) < 4.78 is 6.79. The number of ether oxygens (including phenoxy) is 1. The first-order valence-electron chi connectivity index (χ1n) is 9.55. The Morgan fingerprint density at radius 3 is 2.72 bits per heavy atom. The maximum atomic E-state index is 12.1. The first-order valence-corrected chi connectivity index (χ1v) is 10.8. The number of rotatable bonds is 8. The fraction of sp³-hybridized carbons (Fsp3) is 0.182. The predicted octanol–water partition coefficient (Wildman–Crippen LogP) is 3.56. The molecule has 3 aromatic rings. The van der Waals surface area contributed by atoms with Crippen molar-refractivity contribution in [3.05, 3.63) is 74.9 Å². The average Bonchev–Trinajstić information content (AvgIpc) is 3.31. The Bertz CT molecular complexity index is 1200. The van der Waals surface area contributed by atoms with Crippen LogP contribution in [0.25, 0.3) is 6.08 Å². The van der Waals surface area contributed by atoms with Crippen LogP contribution in [0, 0.1) is 13.8 Å². The van der Waals surface area contributed by atoms with Crippen LogP contribution in [0.4, 0.5) is 5.00 Å². The summed E-state index contributed by atoms with van der Waals surface area (Å²) in [5.41, 5.74) is 8.76. The highest BCUT2D eigenvalue weighted by Gasteiger charge is 2.14. The maximum Gasteiger partial charge on any atom is 0.331 e. The first kappa shape index (κ1) is 23.2. The zero-order valence-electron chi connectivity index (χ0n) is 17.4. The zero-order chi connectivity index (χ0) is 23.3. The number of halogens is 1. The van der Waals surface area contributed by atoms with E-state index in [0.717, 1.165) is 33.9 Å². The molecular formula is C22H21ClN4O4S. The van der Waals surface area contributed by atoms with E-state index in [4.69, 9.17) is 22.1 Å². The number of aromatic nitrogens is 2. The number of esters is 1. The summed E-state index contributed by atoms with van der Waals surface area (Å²) in [7, 11) is 0. The Balaban J connectivity index is 1.59. The minimum absolute atomic E-state index is 0.203. The largest absolute Gasteiger partial charge is 0.452 e. The minimum Gasteiger partial charge on any atom is -0.452 e. The molecule has 0 bridgehead atoms. The van der Waals surface area contributed by atoms with Gasteiger partial charge in [0.25, 0.3) is 11.8 Å². The molecule has 8 nitrogen and oxygen atoms in total. The summed E-state index contributed by atoms with van der Waals surface area (Å²) in [4.78, 5) is 35.3. The van der Waals surface area contributed by atoms with Crippen molar-refractivity contribution < 1.29 is 19.1 Å². The number of hydrogen-bond acceptors (Lipinski definition) is 6. The number of amides is 2. The van der Waals surface area contributed by atoms with Crippen molar-refractivity contribution in [1.29, 1.82) is 0 Å². The second kappa shape index (κ2) is 10.3. The molecule has 3 N–H and O–H groups in total. The van der Waals surface area contributed by atoms with Crippen molar-refractivity contribution in [3.63, 3.8) is 0 Å². The number of benzene rings is 1. The third kappa shape index (κ3) is 5.63. The van der Waals surface area contributed by atoms with E-state index in [1.807, 2.05) is 42.8 Å². The van der Waals surface area contributed by atoms with E-state index < -0.39 is 24.4 Å². The van der Waals surface area contributed by atoms with Gasteiger partial charge in [-0.1, -0.05) is 29.8 Å². The number of nitrogens with zero attached hydrogens (tertiary/aromatic N) is 2. The molecule has 0 fully saturated rings. The van der Waals surface area contributed by atoms with Crippen LogP contribution in [0.15, 0.2) is 41.8 Å². The average molecular weight is 473 g/mol. The summed E-state index contributed by atoms with van der Waals surface area (Å²) in [5, 5.41) is 9.61. The fourth-order valence-electron chi connectivity index (χ4n) is 2.99. The third-order valence-corrected chi connectivity index (χ3v) is 5.83. The van der Waals surface area contributed by atoms with Crippen LogP contribution in [0.2, 0.25) is 5.02 Å². The van der Waals surface area contributed by atoms with Crippen LogP contribution < -0.4 is 11.1 Å². The van der Waals surface area contributed by atoms with E-state index in [1.165, 1.54) is 12.1 Å². The molecule has 0 aliphatic heterocycles. The number of aryl methyl sites for hydroxylation is 1. The van der Waals surface area contributed by atoms with Gasteiger partial charge in [-0.25, -0.2) is 4.79 Å². The maximum absolute atomic E-state index is 12.1. The fourth-order valence-corrected chi connectivity index (χ4v) is 4.00. The SMILES string of the molecule is Cc1nn(Cc2ccccc2Cl)c(C)c1/C=C/C(=O)OCC(=O)Nc1sccc1C(N)=O. The molecule has 0 atom stereocenters. The van der Waals surface area contributed by atoms with Gasteiger partial charge in [-0.15, -0.1) is 11.3 Å². The Hall–Kier alpha value is -3.43. The lowest BCUT2D eigenvalue weighted by molar-refractivity contribution is -0.142. The quantitative estimate of drug-likeness (QED) is 0.384. The van der Waals surface area contributed by atoms with Crippen LogP contribution in [-0.2, 0) is 20.9 Å². The minimum atomic E-state index is -0.681. The number of primary amides is 1. The highest BCUT2D eigenvalue weighted by atomic mass is 35.5. The molecule has 2 amide bonds. The normalized spacial score (nSPS) is 11.0. The summed E-state index contributed by atoms with van der Waals surface area (Å²) in [6.07, 6.45) is 2.84. The molecule has 166 valence electrons. The van der Waals surface area contributed by atoms with Crippen LogP contribution in [-0.4, -0.2) is 34.2 Å². The number of carbonyl (C=O) groups excluding carboxylic acids is 3. The number of nitrogens with one attached hydrogen (secondary N) is 1. The van der Waals surface area contributed by atoms with Gasteiger partial charge in [-0.2, -0.15) is 5.10 Å². The topological polar surface area (TPSA) is 116 Å². The lowest BCUT2D eigenvalue weighted by Gasteiger charge is -2.06. The Labute approximate surface area is 193 Å². The van der Waals surface area contributed by atoms with E-state index in [-0.39, 0.29) is 5.56 Å². The van der Waals surface area contributed by atoms with E-state index in [9.17, 15) is 14.4 Å². The molecule has 3 rings (SSSR count). The van der Waals surface area contributed by atoms with Crippen molar-refractivity contribution in [1.82, 2.24) is 9.78 Å². The zero-order valence-corrected chi connectivity index (χ0v) is 19.0. The van der Waals surface area contributed by atoms with E-state index in [0.29, 0.717) is 16.6 Å². The number of anilines is 1. The summed E-state index contributed by atoms with van der Waals surface area (Å²) in [6, 6.07) is 9.03. The van der Waals surface area contributed by atoms with Crippen LogP contribution in [0.3, 0.4) is 0 Å². The molecule has 32 heavy (non-hydrogen) atoms. The van der Waals surface area contributed by atoms with Crippen molar-refractivity contribution in [3.8, 4) is 0 Å². The number of nitrogens with two attached hydrogens (primary N) is 1. The smallest absolute Gasteiger partial charge is 0.331 e. The monoisotopic (exact) mass is 472 g/mol. The van der Waals surface area contributed by atoms with Gasteiger partial charge in [0.1, 0.15) is 5.00 Å². The highest BCUT2D eigenvalue weighted by molar-refractivity contribution is 7.14. The van der Waals surface area contributed by atoms with Gasteiger partial charge in [0, 0.05) is 22.4 Å². The van der Waals surface area contributed by atoms with Gasteiger partial charge in [0.15, 0.2) is 6.61 Å². The number of carbonyl (C=O) groups is 3. The number of hydrogen-bond donors (Lipinski definition) is 2. The first-order chi connectivity index (χ1) is 15.3. The lowest BCUT2D eigenvalue weighted by atomic mass is 10.1. The molecule has 10 heteroatoms. The molecule has 2 heterocycles. The van der Waals surface area contributed by atoms with Crippen molar-refractivity contribution in [2.24, 2.45) is 5.73 Å². The van der Waals surface area contributed by atoms with E-state index >= 15 is 0 Å². The predicted molar refractivity (Wildman–Crippen MR) is 124 cm³/mol. The Kier molecular flexibility index (Phi) is 7.45. The van der Waals surface area contributed by atoms with Crippen LogP contribution >= 0.6 is 22.9 Å². The molecular weight excluding hydrogens is 452 g/mol. The van der Waals surface area contributed by atoms with E-state index in [2.05, 4.69) is 10.4 Å². The summed E-state index contributed by atoms with van der Waals surface area (Å²) in [5.74, 6) is -1.90. The number of thiophene rings is 1.